The average Bonchev–Trinajstić information content (AvgIpc) is 2.74. The third kappa shape index (κ3) is 5.05. The summed E-state index contributed by atoms with van der Waals surface area (Å²) in [7, 11) is 0. The van der Waals surface area contributed by atoms with Gasteiger partial charge in [-0.3, -0.25) is 0 Å². The molecular weight excluding hydrogens is 343 g/mol. The number of hydrogen-bond donors (Lipinski definition) is 0. The van der Waals surface area contributed by atoms with Crippen molar-refractivity contribution in [3.05, 3.63) is 133 Å². The molecule has 0 saturated heterocycles. The van der Waals surface area contributed by atoms with E-state index in [1.165, 1.54) is 23.3 Å². The van der Waals surface area contributed by atoms with Gasteiger partial charge in [0.05, 0.1) is 0 Å². The maximum atomic E-state index is 13.4. The lowest BCUT2D eigenvalue weighted by molar-refractivity contribution is 0.627. The van der Waals surface area contributed by atoms with Crippen molar-refractivity contribution < 1.29 is 4.39 Å². The van der Waals surface area contributed by atoms with Crippen LogP contribution in [-0.4, -0.2) is 0 Å². The van der Waals surface area contributed by atoms with Gasteiger partial charge < -0.3 is 0 Å². The van der Waals surface area contributed by atoms with Crippen molar-refractivity contribution in [2.24, 2.45) is 0 Å². The van der Waals surface area contributed by atoms with Crippen LogP contribution in [0.15, 0.2) is 116 Å². The minimum atomic E-state index is -0.235. The predicted molar refractivity (Wildman–Crippen MR) is 119 cm³/mol. The van der Waals surface area contributed by atoms with Gasteiger partial charge in [-0.1, -0.05) is 104 Å². The molecule has 0 atom stereocenters. The normalized spacial score (nSPS) is 11.9. The number of hydrogen-bond acceptors (Lipinski definition) is 0. The van der Waals surface area contributed by atoms with Gasteiger partial charge in [0.15, 0.2) is 0 Å². The van der Waals surface area contributed by atoms with E-state index in [1.807, 2.05) is 42.5 Å². The summed E-state index contributed by atoms with van der Waals surface area (Å²) < 4.78 is 13.4. The zero-order valence-corrected chi connectivity index (χ0v) is 15.8. The second-order valence-corrected chi connectivity index (χ2v) is 6.52. The first-order valence-electron chi connectivity index (χ1n) is 9.25. The molecule has 0 aliphatic heterocycles. The molecule has 0 nitrogen and oxygen atoms in total. The number of allylic oxidation sites excluding steroid dienone is 5. The second kappa shape index (κ2) is 9.48. The molecule has 0 aliphatic rings. The van der Waals surface area contributed by atoms with Gasteiger partial charge >= 0.3 is 0 Å². The van der Waals surface area contributed by atoms with Gasteiger partial charge in [-0.2, -0.15) is 0 Å². The van der Waals surface area contributed by atoms with Crippen LogP contribution in [-0.2, 0) is 0 Å². The summed E-state index contributed by atoms with van der Waals surface area (Å²) in [6.07, 6.45) is 8.37. The molecule has 3 rings (SSSR count). The highest BCUT2D eigenvalue weighted by Gasteiger charge is 2.05. The van der Waals surface area contributed by atoms with Gasteiger partial charge in [-0.25, -0.2) is 4.39 Å². The Hall–Kier alpha value is -3.45. The Balaban J connectivity index is 1.95. The topological polar surface area (TPSA) is 0 Å². The smallest absolute Gasteiger partial charge is 0.123 e. The lowest BCUT2D eigenvalue weighted by Crippen LogP contribution is -1.89. The van der Waals surface area contributed by atoms with E-state index in [9.17, 15) is 4.39 Å². The Kier molecular flexibility index (Phi) is 6.54. The van der Waals surface area contributed by atoms with Crippen LogP contribution in [0.25, 0.3) is 22.8 Å². The van der Waals surface area contributed by atoms with E-state index in [-0.39, 0.29) is 5.82 Å². The third-order valence-electron chi connectivity index (χ3n) is 4.56. The zero-order valence-electron chi connectivity index (χ0n) is 15.8. The van der Waals surface area contributed by atoms with Crippen LogP contribution >= 0.6 is 0 Å². The Labute approximate surface area is 166 Å². The fraction of sp³-hybridized carbons (Fsp3) is 0.0370. The van der Waals surface area contributed by atoms with Crippen LogP contribution in [0.3, 0.4) is 0 Å². The highest BCUT2D eigenvalue weighted by atomic mass is 19.1. The van der Waals surface area contributed by atoms with Gasteiger partial charge in [-0.15, -0.1) is 0 Å². The first kappa shape index (κ1) is 19.3. The highest BCUT2D eigenvalue weighted by molar-refractivity contribution is 5.83. The van der Waals surface area contributed by atoms with Gasteiger partial charge in [0.2, 0.25) is 0 Å². The standard InChI is InChI=1S/C27H23F/c1-3-8-21(4-2)19-26(25-15-17-27(28)18-16-25)20-22-11-13-24(14-12-22)23-9-6-5-7-10-23/h3-18,20H,1-2,19H2/b21-8+,26-20-. The van der Waals surface area contributed by atoms with Gasteiger partial charge in [0.1, 0.15) is 5.82 Å². The third-order valence-corrected chi connectivity index (χ3v) is 4.56. The quantitative estimate of drug-likeness (QED) is 0.296. The molecule has 0 aliphatic carbocycles. The minimum Gasteiger partial charge on any atom is -0.207 e. The molecule has 0 N–H and O–H groups in total. The summed E-state index contributed by atoms with van der Waals surface area (Å²) in [6, 6.07) is 25.4. The van der Waals surface area contributed by atoms with Crippen molar-refractivity contribution in [1.82, 2.24) is 0 Å². The van der Waals surface area contributed by atoms with E-state index in [1.54, 1.807) is 6.08 Å². The van der Waals surface area contributed by atoms with E-state index in [0.29, 0.717) is 6.42 Å². The molecule has 0 radical (unpaired) electrons. The monoisotopic (exact) mass is 366 g/mol. The Morgan fingerprint density at radius 2 is 1.43 bits per heavy atom. The molecular formula is C27H23F. The Morgan fingerprint density at radius 3 is 2.04 bits per heavy atom. The van der Waals surface area contributed by atoms with Crippen LogP contribution < -0.4 is 0 Å². The molecule has 0 saturated carbocycles. The van der Waals surface area contributed by atoms with Crippen LogP contribution in [0, 0.1) is 5.82 Å². The summed E-state index contributed by atoms with van der Waals surface area (Å²) in [6.45, 7) is 7.66. The molecule has 28 heavy (non-hydrogen) atoms. The fourth-order valence-corrected chi connectivity index (χ4v) is 3.07. The maximum Gasteiger partial charge on any atom is 0.123 e. The van der Waals surface area contributed by atoms with E-state index in [4.69, 9.17) is 0 Å². The summed E-state index contributed by atoms with van der Waals surface area (Å²) in [5.41, 5.74) is 6.62. The number of halogens is 1. The van der Waals surface area contributed by atoms with Crippen molar-refractivity contribution in [3.8, 4) is 11.1 Å². The molecule has 0 fully saturated rings. The van der Waals surface area contributed by atoms with E-state index in [2.05, 4.69) is 55.6 Å². The Morgan fingerprint density at radius 1 is 0.786 bits per heavy atom. The van der Waals surface area contributed by atoms with Crippen LogP contribution in [0.4, 0.5) is 4.39 Å². The molecule has 1 heteroatoms. The van der Waals surface area contributed by atoms with Crippen molar-refractivity contribution in [1.29, 1.82) is 0 Å². The van der Waals surface area contributed by atoms with Crippen molar-refractivity contribution in [2.45, 2.75) is 6.42 Å². The van der Waals surface area contributed by atoms with Crippen LogP contribution in [0.1, 0.15) is 17.5 Å². The van der Waals surface area contributed by atoms with E-state index < -0.39 is 0 Å². The number of benzene rings is 3. The molecule has 0 heterocycles. The SMILES string of the molecule is C=C/C=C(\C=C)C/C(=C/c1ccc(-c2ccccc2)cc1)c1ccc(F)cc1. The van der Waals surface area contributed by atoms with E-state index >= 15 is 0 Å². The molecule has 3 aromatic rings. The summed E-state index contributed by atoms with van der Waals surface area (Å²) in [5.74, 6) is -0.235. The molecule has 0 amide bonds. The average molecular weight is 366 g/mol. The zero-order chi connectivity index (χ0) is 19.8. The van der Waals surface area contributed by atoms with E-state index in [0.717, 1.165) is 22.3 Å². The molecule has 0 bridgehead atoms. The largest absolute Gasteiger partial charge is 0.207 e. The van der Waals surface area contributed by atoms with Gasteiger partial charge in [0, 0.05) is 0 Å². The van der Waals surface area contributed by atoms with Crippen LogP contribution in [0.5, 0.6) is 0 Å². The van der Waals surface area contributed by atoms with Gasteiger partial charge in [0.25, 0.3) is 0 Å². The first-order chi connectivity index (χ1) is 13.7. The predicted octanol–water partition coefficient (Wildman–Crippen LogP) is 7.72. The lowest BCUT2D eigenvalue weighted by Gasteiger charge is -2.10. The van der Waals surface area contributed by atoms with Crippen LogP contribution in [0.2, 0.25) is 0 Å². The highest BCUT2D eigenvalue weighted by Crippen LogP contribution is 2.27. The summed E-state index contributed by atoms with van der Waals surface area (Å²) in [5, 5.41) is 0. The molecule has 0 spiro atoms. The second-order valence-electron chi connectivity index (χ2n) is 6.52. The Bertz CT molecular complexity index is 988. The van der Waals surface area contributed by atoms with Crippen molar-refractivity contribution in [2.75, 3.05) is 0 Å². The number of rotatable bonds is 7. The van der Waals surface area contributed by atoms with Gasteiger partial charge in [-0.05, 0) is 52.0 Å². The molecule has 138 valence electrons. The molecule has 3 aromatic carbocycles. The maximum absolute atomic E-state index is 13.4. The minimum absolute atomic E-state index is 0.235. The molecule has 0 unspecified atom stereocenters. The lowest BCUT2D eigenvalue weighted by atomic mass is 9.95. The fourth-order valence-electron chi connectivity index (χ4n) is 3.07. The molecule has 0 aromatic heterocycles. The van der Waals surface area contributed by atoms with Crippen molar-refractivity contribution in [3.63, 3.8) is 0 Å². The summed E-state index contributed by atoms with van der Waals surface area (Å²) in [4.78, 5) is 0. The summed E-state index contributed by atoms with van der Waals surface area (Å²) >= 11 is 0. The van der Waals surface area contributed by atoms with Crippen molar-refractivity contribution >= 4 is 11.6 Å². The first-order valence-corrected chi connectivity index (χ1v) is 9.25.